The molecule has 0 aliphatic heterocycles. The van der Waals surface area contributed by atoms with E-state index in [1.165, 1.54) is 24.0 Å². The van der Waals surface area contributed by atoms with Crippen LogP contribution in [0.15, 0.2) is 24.3 Å². The summed E-state index contributed by atoms with van der Waals surface area (Å²) in [6.07, 6.45) is 3.53. The van der Waals surface area contributed by atoms with Crippen LogP contribution in [0.4, 0.5) is 0 Å². The van der Waals surface area contributed by atoms with Crippen LogP contribution >= 0.6 is 0 Å². The molecule has 0 radical (unpaired) electrons. The summed E-state index contributed by atoms with van der Waals surface area (Å²) in [5, 5.41) is 8.76. The zero-order valence-electron chi connectivity index (χ0n) is 12.2. The molecule has 1 aromatic heterocycles. The van der Waals surface area contributed by atoms with Gasteiger partial charge < -0.3 is 10.3 Å². The lowest BCUT2D eigenvalue weighted by molar-refractivity contribution is 0.501. The zero-order chi connectivity index (χ0) is 14.1. The fourth-order valence-electron chi connectivity index (χ4n) is 3.30. The summed E-state index contributed by atoms with van der Waals surface area (Å²) < 4.78 is 2.22. The monoisotopic (exact) mass is 270 g/mol. The van der Waals surface area contributed by atoms with Gasteiger partial charge in [-0.1, -0.05) is 24.3 Å². The first-order valence-corrected chi connectivity index (χ1v) is 7.44. The van der Waals surface area contributed by atoms with Crippen molar-refractivity contribution >= 4 is 0 Å². The third kappa shape index (κ3) is 2.14. The average Bonchev–Trinajstić information content (AvgIpc) is 2.90. The number of nitrogens with zero attached hydrogens (tertiary/aromatic N) is 3. The molecular weight excluding hydrogens is 248 g/mol. The Morgan fingerprint density at radius 1 is 1.30 bits per heavy atom. The predicted octanol–water partition coefficient (Wildman–Crippen LogP) is 2.79. The summed E-state index contributed by atoms with van der Waals surface area (Å²) in [7, 11) is 0. The van der Waals surface area contributed by atoms with Gasteiger partial charge in [-0.25, -0.2) is 0 Å². The van der Waals surface area contributed by atoms with Gasteiger partial charge in [0, 0.05) is 12.0 Å². The van der Waals surface area contributed by atoms with Gasteiger partial charge in [0.25, 0.3) is 0 Å². The van der Waals surface area contributed by atoms with Crippen LogP contribution in [-0.4, -0.2) is 14.8 Å². The van der Waals surface area contributed by atoms with Crippen molar-refractivity contribution in [3.8, 4) is 0 Å². The average molecular weight is 270 g/mol. The number of hydrogen-bond donors (Lipinski definition) is 1. The maximum absolute atomic E-state index is 5.80. The lowest BCUT2D eigenvalue weighted by atomic mass is 9.82. The Labute approximate surface area is 120 Å². The van der Waals surface area contributed by atoms with E-state index in [9.17, 15) is 0 Å². The van der Waals surface area contributed by atoms with Gasteiger partial charge >= 0.3 is 0 Å². The second-order valence-electron chi connectivity index (χ2n) is 5.79. The van der Waals surface area contributed by atoms with Gasteiger partial charge in [-0.3, -0.25) is 0 Å². The molecule has 1 aliphatic carbocycles. The van der Waals surface area contributed by atoms with E-state index in [0.29, 0.717) is 18.5 Å². The van der Waals surface area contributed by atoms with Crippen LogP contribution in [0, 0.1) is 0 Å². The molecule has 1 aromatic carbocycles. The highest BCUT2D eigenvalue weighted by Gasteiger charge is 2.27. The lowest BCUT2D eigenvalue weighted by Gasteiger charge is -2.26. The molecule has 2 N–H and O–H groups in total. The van der Waals surface area contributed by atoms with E-state index in [2.05, 4.69) is 52.9 Å². The van der Waals surface area contributed by atoms with Crippen molar-refractivity contribution in [2.75, 3.05) is 0 Å². The van der Waals surface area contributed by atoms with Crippen molar-refractivity contribution in [1.82, 2.24) is 14.8 Å². The standard InChI is InChI=1S/C16H22N4/c1-11(2)20-15(10-17)18-19-16(20)14-9-5-7-12-6-3-4-8-13(12)14/h3-4,6,8,11,14H,5,7,9-10,17H2,1-2H3. The Balaban J connectivity index is 2.09. The second-order valence-corrected chi connectivity index (χ2v) is 5.79. The first kappa shape index (κ1) is 13.3. The van der Waals surface area contributed by atoms with E-state index in [-0.39, 0.29) is 0 Å². The molecule has 0 amide bonds. The van der Waals surface area contributed by atoms with Gasteiger partial charge in [-0.05, 0) is 44.2 Å². The van der Waals surface area contributed by atoms with Crippen molar-refractivity contribution in [1.29, 1.82) is 0 Å². The Bertz CT molecular complexity index is 600. The van der Waals surface area contributed by atoms with Gasteiger partial charge in [0.05, 0.1) is 6.54 Å². The quantitative estimate of drug-likeness (QED) is 0.933. The number of nitrogens with two attached hydrogens (primary N) is 1. The molecule has 3 rings (SSSR count). The highest BCUT2D eigenvalue weighted by Crippen LogP contribution is 2.36. The molecule has 0 saturated heterocycles. The predicted molar refractivity (Wildman–Crippen MR) is 79.5 cm³/mol. The Morgan fingerprint density at radius 2 is 2.10 bits per heavy atom. The van der Waals surface area contributed by atoms with Crippen molar-refractivity contribution < 1.29 is 0 Å². The Kier molecular flexibility index (Phi) is 3.57. The smallest absolute Gasteiger partial charge is 0.147 e. The van der Waals surface area contributed by atoms with Crippen molar-refractivity contribution in [3.05, 3.63) is 47.0 Å². The Hall–Kier alpha value is -1.68. The van der Waals surface area contributed by atoms with Crippen LogP contribution in [0.5, 0.6) is 0 Å². The molecule has 2 aromatic rings. The van der Waals surface area contributed by atoms with Crippen LogP contribution < -0.4 is 5.73 Å². The maximum Gasteiger partial charge on any atom is 0.147 e. The molecule has 106 valence electrons. The number of hydrogen-bond acceptors (Lipinski definition) is 3. The van der Waals surface area contributed by atoms with Gasteiger partial charge in [0.1, 0.15) is 11.6 Å². The molecule has 20 heavy (non-hydrogen) atoms. The largest absolute Gasteiger partial charge is 0.324 e. The maximum atomic E-state index is 5.80. The number of rotatable bonds is 3. The molecular formula is C16H22N4. The molecule has 0 saturated carbocycles. The van der Waals surface area contributed by atoms with E-state index in [4.69, 9.17) is 5.73 Å². The summed E-state index contributed by atoms with van der Waals surface area (Å²) in [5.41, 5.74) is 8.67. The van der Waals surface area contributed by atoms with Gasteiger partial charge in [0.15, 0.2) is 0 Å². The van der Waals surface area contributed by atoms with Gasteiger partial charge in [-0.2, -0.15) is 0 Å². The second kappa shape index (κ2) is 5.37. The SMILES string of the molecule is CC(C)n1c(CN)nnc1C1CCCc2ccccc21. The number of fused-ring (bicyclic) bond motifs is 1. The molecule has 4 heteroatoms. The molecule has 1 heterocycles. The Morgan fingerprint density at radius 3 is 2.85 bits per heavy atom. The summed E-state index contributed by atoms with van der Waals surface area (Å²) in [5.74, 6) is 2.32. The minimum absolute atomic E-state index is 0.340. The summed E-state index contributed by atoms with van der Waals surface area (Å²) in [6, 6.07) is 9.06. The van der Waals surface area contributed by atoms with E-state index in [1.54, 1.807) is 0 Å². The lowest BCUT2D eigenvalue weighted by Crippen LogP contribution is -2.19. The van der Waals surface area contributed by atoms with Crippen LogP contribution in [0.2, 0.25) is 0 Å². The summed E-state index contributed by atoms with van der Waals surface area (Å²) >= 11 is 0. The van der Waals surface area contributed by atoms with Gasteiger partial charge in [0.2, 0.25) is 0 Å². The normalized spacial score (nSPS) is 18.3. The number of aromatic nitrogens is 3. The van der Waals surface area contributed by atoms with Gasteiger partial charge in [-0.15, -0.1) is 10.2 Å². The highest BCUT2D eigenvalue weighted by atomic mass is 15.3. The minimum atomic E-state index is 0.340. The topological polar surface area (TPSA) is 56.7 Å². The van der Waals surface area contributed by atoms with Crippen LogP contribution in [0.25, 0.3) is 0 Å². The summed E-state index contributed by atoms with van der Waals surface area (Å²) in [6.45, 7) is 4.78. The van der Waals surface area contributed by atoms with E-state index < -0.39 is 0 Å². The first-order valence-electron chi connectivity index (χ1n) is 7.44. The third-order valence-corrected chi connectivity index (χ3v) is 4.17. The molecule has 0 spiro atoms. The third-order valence-electron chi connectivity index (χ3n) is 4.17. The highest BCUT2D eigenvalue weighted by molar-refractivity contribution is 5.36. The fourth-order valence-corrected chi connectivity index (χ4v) is 3.30. The minimum Gasteiger partial charge on any atom is -0.324 e. The fraction of sp³-hybridized carbons (Fsp3) is 0.500. The summed E-state index contributed by atoms with van der Waals surface area (Å²) in [4.78, 5) is 0. The molecule has 4 nitrogen and oxygen atoms in total. The van der Waals surface area contributed by atoms with Crippen molar-refractivity contribution in [3.63, 3.8) is 0 Å². The van der Waals surface area contributed by atoms with Crippen LogP contribution in [0.1, 0.15) is 61.4 Å². The van der Waals surface area contributed by atoms with E-state index in [0.717, 1.165) is 18.1 Å². The molecule has 0 bridgehead atoms. The first-order chi connectivity index (χ1) is 9.72. The van der Waals surface area contributed by atoms with Crippen LogP contribution in [-0.2, 0) is 13.0 Å². The molecule has 1 atom stereocenters. The number of benzene rings is 1. The number of aryl methyl sites for hydroxylation is 1. The van der Waals surface area contributed by atoms with Crippen LogP contribution in [0.3, 0.4) is 0 Å². The molecule has 1 aliphatic rings. The van der Waals surface area contributed by atoms with E-state index in [1.807, 2.05) is 0 Å². The van der Waals surface area contributed by atoms with Crippen molar-refractivity contribution in [2.24, 2.45) is 5.73 Å². The molecule has 1 unspecified atom stereocenters. The van der Waals surface area contributed by atoms with Crippen molar-refractivity contribution in [2.45, 2.75) is 51.6 Å². The van der Waals surface area contributed by atoms with E-state index >= 15 is 0 Å². The zero-order valence-corrected chi connectivity index (χ0v) is 12.2. The molecule has 0 fully saturated rings.